The maximum atomic E-state index is 6.75. The number of benzene rings is 4. The van der Waals surface area contributed by atoms with Crippen molar-refractivity contribution < 1.29 is 28.4 Å². The Morgan fingerprint density at radius 2 is 0.415 bits per heavy atom. The molecule has 7 nitrogen and oxygen atoms in total. The Balaban J connectivity index is 1.87. The van der Waals surface area contributed by atoms with E-state index in [-0.39, 0.29) is 0 Å². The monoisotopic (exact) mass is 900 g/mol. The molecular formula is C58H93NO6. The molecule has 0 unspecified atom stereocenters. The number of fused-ring (bicyclic) bond motifs is 6. The predicted octanol–water partition coefficient (Wildman–Crippen LogP) is 17.4. The largest absolute Gasteiger partial charge is 0.490 e. The number of unbranched alkanes of at least 4 members (excludes halogenated alkanes) is 22. The summed E-state index contributed by atoms with van der Waals surface area (Å²) in [5.41, 5.74) is 5.70. The molecule has 7 heteroatoms. The first-order valence-electron chi connectivity index (χ1n) is 27.1. The van der Waals surface area contributed by atoms with Crippen molar-refractivity contribution in [2.45, 2.75) is 214 Å². The van der Waals surface area contributed by atoms with Crippen LogP contribution >= 0.6 is 0 Å². The minimum Gasteiger partial charge on any atom is -0.490 e. The summed E-state index contributed by atoms with van der Waals surface area (Å²) in [5, 5.41) is 6.70. The average molecular weight is 900 g/mol. The molecule has 4 rings (SSSR count). The minimum atomic E-state index is 0.660. The van der Waals surface area contributed by atoms with Gasteiger partial charge < -0.3 is 34.2 Å². The number of hydrogen-bond donors (Lipinski definition) is 1. The van der Waals surface area contributed by atoms with E-state index in [0.29, 0.717) is 39.6 Å². The van der Waals surface area contributed by atoms with E-state index in [1.54, 1.807) is 0 Å². The van der Waals surface area contributed by atoms with Crippen molar-refractivity contribution >= 4 is 32.3 Å². The third-order valence-electron chi connectivity index (χ3n) is 12.8. The number of ether oxygens (including phenoxy) is 6. The molecule has 0 aliphatic rings. The Bertz CT molecular complexity index is 1810. The van der Waals surface area contributed by atoms with Crippen LogP contribution in [0, 0.1) is 0 Å². The molecule has 4 aromatic carbocycles. The van der Waals surface area contributed by atoms with E-state index in [1.165, 1.54) is 96.3 Å². The van der Waals surface area contributed by atoms with Crippen LogP contribution in [0.4, 0.5) is 0 Å². The van der Waals surface area contributed by atoms with Gasteiger partial charge in [-0.25, -0.2) is 0 Å². The molecule has 4 aromatic rings. The van der Waals surface area contributed by atoms with Crippen LogP contribution in [0.25, 0.3) is 32.3 Å². The van der Waals surface area contributed by atoms with E-state index in [9.17, 15) is 0 Å². The fourth-order valence-electron chi connectivity index (χ4n) is 8.74. The summed E-state index contributed by atoms with van der Waals surface area (Å²) < 4.78 is 40.1. The molecule has 0 saturated carbocycles. The van der Waals surface area contributed by atoms with Crippen molar-refractivity contribution in [3.63, 3.8) is 0 Å². The van der Waals surface area contributed by atoms with Gasteiger partial charge in [-0.1, -0.05) is 169 Å². The van der Waals surface area contributed by atoms with Crippen molar-refractivity contribution in [2.75, 3.05) is 46.2 Å². The SMILES string of the molecule is CCCCCCOc1cc2c3cc(OCCCCCC)c(OCCCCCC)cc3c3cc(OCCCCCCCCCCN)c(OCCCCCC)cc3c2cc1OCCCCCC. The van der Waals surface area contributed by atoms with Gasteiger partial charge in [0.2, 0.25) is 0 Å². The molecule has 0 radical (unpaired) electrons. The number of rotatable bonds is 41. The highest BCUT2D eigenvalue weighted by Gasteiger charge is 2.21. The highest BCUT2D eigenvalue weighted by atomic mass is 16.5. The fraction of sp³-hybridized carbons (Fsp3) is 0.690. The van der Waals surface area contributed by atoms with Gasteiger partial charge in [0.25, 0.3) is 0 Å². The number of nitrogens with two attached hydrogens (primary N) is 1. The Hall–Kier alpha value is -3.58. The first kappa shape index (κ1) is 54.0. The molecule has 2 N–H and O–H groups in total. The van der Waals surface area contributed by atoms with Crippen LogP contribution in [0.15, 0.2) is 36.4 Å². The molecule has 0 heterocycles. The zero-order chi connectivity index (χ0) is 46.2. The van der Waals surface area contributed by atoms with Gasteiger partial charge in [-0.2, -0.15) is 0 Å². The topological polar surface area (TPSA) is 81.4 Å². The highest BCUT2D eigenvalue weighted by molar-refractivity contribution is 6.26. The molecular weight excluding hydrogens is 807 g/mol. The van der Waals surface area contributed by atoms with Crippen molar-refractivity contribution in [2.24, 2.45) is 5.73 Å². The first-order chi connectivity index (χ1) is 32.1. The summed E-state index contributed by atoms with van der Waals surface area (Å²) in [6, 6.07) is 13.4. The van der Waals surface area contributed by atoms with Gasteiger partial charge in [0.05, 0.1) is 39.6 Å². The maximum Gasteiger partial charge on any atom is 0.161 e. The Labute approximate surface area is 396 Å². The lowest BCUT2D eigenvalue weighted by Gasteiger charge is -2.21. The summed E-state index contributed by atoms with van der Waals surface area (Å²) >= 11 is 0. The van der Waals surface area contributed by atoms with Crippen molar-refractivity contribution in [3.8, 4) is 34.5 Å². The van der Waals surface area contributed by atoms with E-state index in [0.717, 1.165) is 157 Å². The third-order valence-corrected chi connectivity index (χ3v) is 12.8. The number of hydrogen-bond acceptors (Lipinski definition) is 7. The molecule has 0 aromatic heterocycles. The molecule has 0 fully saturated rings. The van der Waals surface area contributed by atoms with Crippen LogP contribution in [0.2, 0.25) is 0 Å². The highest BCUT2D eigenvalue weighted by Crippen LogP contribution is 2.47. The lowest BCUT2D eigenvalue weighted by molar-refractivity contribution is 0.259. The van der Waals surface area contributed by atoms with E-state index < -0.39 is 0 Å². The first-order valence-corrected chi connectivity index (χ1v) is 27.1. The molecule has 0 amide bonds. The van der Waals surface area contributed by atoms with E-state index >= 15 is 0 Å². The van der Waals surface area contributed by atoms with Gasteiger partial charge >= 0.3 is 0 Å². The minimum absolute atomic E-state index is 0.660. The zero-order valence-electron chi connectivity index (χ0n) is 42.2. The van der Waals surface area contributed by atoms with Gasteiger partial charge in [-0.15, -0.1) is 0 Å². The Kier molecular flexibility index (Phi) is 28.1. The molecule has 0 atom stereocenters. The van der Waals surface area contributed by atoms with E-state index in [1.807, 2.05) is 0 Å². The van der Waals surface area contributed by atoms with Gasteiger partial charge in [0.1, 0.15) is 0 Å². The van der Waals surface area contributed by atoms with Crippen LogP contribution in [0.3, 0.4) is 0 Å². The third kappa shape index (κ3) is 19.3. The second kappa shape index (κ2) is 33.8. The van der Waals surface area contributed by atoms with Crippen LogP contribution in [0.5, 0.6) is 34.5 Å². The normalized spacial score (nSPS) is 11.5. The summed E-state index contributed by atoms with van der Waals surface area (Å²) in [6.07, 6.45) is 32.6. The predicted molar refractivity (Wildman–Crippen MR) is 279 cm³/mol. The van der Waals surface area contributed by atoms with E-state index in [4.69, 9.17) is 34.2 Å². The lowest BCUT2D eigenvalue weighted by Crippen LogP contribution is -2.05. The fourth-order valence-corrected chi connectivity index (χ4v) is 8.74. The molecule has 0 spiro atoms. The quantitative estimate of drug-likeness (QED) is 0.0351. The molecule has 65 heavy (non-hydrogen) atoms. The molecule has 0 bridgehead atoms. The van der Waals surface area contributed by atoms with Crippen LogP contribution < -0.4 is 34.2 Å². The van der Waals surface area contributed by atoms with Crippen molar-refractivity contribution in [1.82, 2.24) is 0 Å². The zero-order valence-corrected chi connectivity index (χ0v) is 42.2. The second-order valence-corrected chi connectivity index (χ2v) is 18.5. The average Bonchev–Trinajstić information content (AvgIpc) is 3.32. The van der Waals surface area contributed by atoms with Crippen molar-refractivity contribution in [1.29, 1.82) is 0 Å². The standard InChI is InChI=1S/C58H93NO6/c1-6-11-16-28-35-60-53-41-47-48-42-54(61-36-29-17-12-7-2)56(63-38-31-19-14-9-4)44-50(48)52-46-58(65-40-33-26-24-22-21-23-25-27-34-59)57(64-39-32-20-15-10-5)45-51(52)49(47)43-55(53)62-37-30-18-13-8-3/h41-46H,6-40,59H2,1-5H3. The lowest BCUT2D eigenvalue weighted by atomic mass is 9.93. The van der Waals surface area contributed by atoms with Gasteiger partial charge in [0.15, 0.2) is 34.5 Å². The van der Waals surface area contributed by atoms with Gasteiger partial charge in [-0.05, 0) is 120 Å². The second-order valence-electron chi connectivity index (χ2n) is 18.5. The summed E-state index contributed by atoms with van der Waals surface area (Å²) in [6.45, 7) is 16.0. The van der Waals surface area contributed by atoms with Crippen LogP contribution in [-0.4, -0.2) is 46.2 Å². The molecule has 366 valence electrons. The Morgan fingerprint density at radius 1 is 0.246 bits per heavy atom. The van der Waals surface area contributed by atoms with Crippen LogP contribution in [0.1, 0.15) is 214 Å². The summed E-state index contributed by atoms with van der Waals surface area (Å²) in [7, 11) is 0. The summed E-state index contributed by atoms with van der Waals surface area (Å²) in [4.78, 5) is 0. The van der Waals surface area contributed by atoms with E-state index in [2.05, 4.69) is 71.0 Å². The van der Waals surface area contributed by atoms with Gasteiger partial charge in [0, 0.05) is 0 Å². The Morgan fingerprint density at radius 3 is 0.600 bits per heavy atom. The molecule has 0 aliphatic heterocycles. The summed E-state index contributed by atoms with van der Waals surface area (Å²) in [5.74, 6) is 4.87. The van der Waals surface area contributed by atoms with Crippen molar-refractivity contribution in [3.05, 3.63) is 36.4 Å². The molecule has 0 saturated heterocycles. The maximum absolute atomic E-state index is 6.75. The van der Waals surface area contributed by atoms with Gasteiger partial charge in [-0.3, -0.25) is 0 Å². The smallest absolute Gasteiger partial charge is 0.161 e. The van der Waals surface area contributed by atoms with Crippen LogP contribution in [-0.2, 0) is 0 Å². The molecule has 0 aliphatic carbocycles.